The van der Waals surface area contributed by atoms with Crippen LogP contribution in [0.2, 0.25) is 25.7 Å². The highest BCUT2D eigenvalue weighted by Crippen LogP contribution is 2.52. The summed E-state index contributed by atoms with van der Waals surface area (Å²) in [4.78, 5) is 44.5. The highest BCUT2D eigenvalue weighted by Gasteiger charge is 2.56. The Morgan fingerprint density at radius 3 is 2.14 bits per heavy atom. The van der Waals surface area contributed by atoms with Crippen molar-refractivity contribution in [1.82, 2.24) is 70.3 Å². The van der Waals surface area contributed by atoms with Gasteiger partial charge in [-0.1, -0.05) is 30.9 Å². The molecule has 2 aliphatic heterocycles. The van der Waals surface area contributed by atoms with E-state index in [4.69, 9.17) is 19.8 Å². The fourth-order valence-corrected chi connectivity index (χ4v) is 12.6. The summed E-state index contributed by atoms with van der Waals surface area (Å²) in [6, 6.07) is 5.11. The van der Waals surface area contributed by atoms with Crippen LogP contribution in [0.3, 0.4) is 0 Å². The van der Waals surface area contributed by atoms with E-state index in [9.17, 15) is 19.8 Å². The predicted molar refractivity (Wildman–Crippen MR) is 277 cm³/mol. The molecule has 2 saturated heterocycles. The number of fused-ring (bicyclic) bond motifs is 4. The molecule has 2 saturated carbocycles. The number of H-pyrrole nitrogens is 1. The van der Waals surface area contributed by atoms with Gasteiger partial charge in [-0.05, 0) is 118 Å². The number of aromatic nitrogens is 12. The van der Waals surface area contributed by atoms with Crippen molar-refractivity contribution in [2.75, 3.05) is 55.8 Å². The molecule has 6 aromatic heterocycles. The first kappa shape index (κ1) is 49.8. The van der Waals surface area contributed by atoms with Crippen molar-refractivity contribution in [1.29, 1.82) is 0 Å². The van der Waals surface area contributed by atoms with Gasteiger partial charge < -0.3 is 35.4 Å². The van der Waals surface area contributed by atoms with Crippen molar-refractivity contribution >= 4 is 31.7 Å². The van der Waals surface area contributed by atoms with E-state index in [1.165, 1.54) is 11.1 Å². The number of hydrogen-bond donors (Lipinski definition) is 5. The van der Waals surface area contributed by atoms with Crippen LogP contribution in [0.25, 0.3) is 0 Å². The zero-order valence-corrected chi connectivity index (χ0v) is 44.6. The number of aromatic amines is 1. The minimum atomic E-state index is -1.13. The van der Waals surface area contributed by atoms with Crippen molar-refractivity contribution in [3.05, 3.63) is 105 Å². The van der Waals surface area contributed by atoms with Crippen LogP contribution < -0.4 is 20.4 Å². The summed E-state index contributed by atoms with van der Waals surface area (Å²) < 4.78 is 11.3. The first-order chi connectivity index (χ1) is 35.6. The first-order valence-electron chi connectivity index (χ1n) is 26.4. The van der Waals surface area contributed by atoms with Gasteiger partial charge in [0.15, 0.2) is 5.69 Å². The number of aliphatic hydroxyl groups is 2. The van der Waals surface area contributed by atoms with Crippen molar-refractivity contribution in [2.45, 2.75) is 111 Å². The minimum Gasteiger partial charge on any atom is -0.396 e. The molecule has 392 valence electrons. The molecule has 4 aliphatic carbocycles. The van der Waals surface area contributed by atoms with Crippen LogP contribution in [-0.2, 0) is 37.4 Å². The van der Waals surface area contributed by atoms with Gasteiger partial charge in [-0.3, -0.25) is 19.4 Å². The number of nitrogens with one attached hydrogen (secondary N) is 3. The molecule has 8 heterocycles. The van der Waals surface area contributed by atoms with Crippen LogP contribution in [0.4, 0.5) is 11.8 Å². The molecule has 8 atom stereocenters. The Morgan fingerprint density at radius 1 is 0.784 bits per heavy atom. The molecule has 6 aromatic rings. The quantitative estimate of drug-likeness (QED) is 0.0638. The van der Waals surface area contributed by atoms with Crippen LogP contribution in [-0.4, -0.2) is 136 Å². The summed E-state index contributed by atoms with van der Waals surface area (Å²) >= 11 is 0. The molecule has 21 nitrogen and oxygen atoms in total. The molecule has 2 unspecified atom stereocenters. The molecule has 5 N–H and O–H groups in total. The van der Waals surface area contributed by atoms with Gasteiger partial charge in [0.05, 0.1) is 54.5 Å². The summed E-state index contributed by atoms with van der Waals surface area (Å²) in [6.45, 7) is 21.7. The number of pyridine rings is 1. The van der Waals surface area contributed by atoms with Crippen LogP contribution in [0, 0.1) is 63.2 Å². The number of carbonyl (C=O) groups excluding carboxylic acids is 2. The van der Waals surface area contributed by atoms with E-state index < -0.39 is 8.07 Å². The molecule has 4 fully saturated rings. The van der Waals surface area contributed by atoms with Gasteiger partial charge in [0.25, 0.3) is 11.8 Å². The van der Waals surface area contributed by atoms with E-state index in [2.05, 4.69) is 89.7 Å². The second kappa shape index (κ2) is 20.1. The molecule has 0 aromatic carbocycles. The van der Waals surface area contributed by atoms with Crippen LogP contribution in [0.15, 0.2) is 36.9 Å². The van der Waals surface area contributed by atoms with E-state index in [1.54, 1.807) is 28.0 Å². The van der Waals surface area contributed by atoms with Gasteiger partial charge in [-0.15, -0.1) is 5.10 Å². The Hall–Kier alpha value is -6.36. The monoisotopic (exact) mass is 1030 g/mol. The lowest BCUT2D eigenvalue weighted by Crippen LogP contribution is -2.27. The molecule has 22 heteroatoms. The van der Waals surface area contributed by atoms with Gasteiger partial charge in [-0.2, -0.15) is 15.3 Å². The number of anilines is 2. The number of amides is 2. The molecule has 74 heavy (non-hydrogen) atoms. The molecule has 0 spiro atoms. The highest BCUT2D eigenvalue weighted by atomic mass is 28.3. The third-order valence-corrected chi connectivity index (χ3v) is 18.4. The summed E-state index contributed by atoms with van der Waals surface area (Å²) in [5, 5.41) is 49.8. The van der Waals surface area contributed by atoms with E-state index in [1.807, 2.05) is 31.6 Å². The van der Waals surface area contributed by atoms with Crippen molar-refractivity contribution < 1.29 is 24.5 Å². The minimum absolute atomic E-state index is 0.102. The zero-order chi connectivity index (χ0) is 51.6. The lowest BCUT2D eigenvalue weighted by molar-refractivity contribution is 0.0764. The SMILES string of the molecule is Cc1nc(N2C[C@@H]3C(CO)[C@@H]3C2)ccc1Cn1cc(C(=O)N[C@@H]2CCc3c2nn(COCC[Si](C)(C)C)c3C)cn1.Cc1nc(N2C[C@@H]3C(CO)[C@@H]3C2)ncc1Cn1cc(C(=O)N[C@@H]2CCc3c2n[nH]c3C)nn1. The van der Waals surface area contributed by atoms with Gasteiger partial charge in [0.2, 0.25) is 5.95 Å². The third kappa shape index (κ3) is 10.1. The van der Waals surface area contributed by atoms with Gasteiger partial charge >= 0.3 is 0 Å². The average Bonchev–Trinajstić information content (AvgIpc) is 4.10. The van der Waals surface area contributed by atoms with Crippen molar-refractivity contribution in [3.8, 4) is 0 Å². The maximum absolute atomic E-state index is 13.2. The topological polar surface area (TPSA) is 248 Å². The second-order valence-electron chi connectivity index (χ2n) is 22.7. The number of nitrogens with zero attached hydrogens (tertiary/aromatic N) is 13. The number of aryl methyl sites for hydroxylation is 3. The Bertz CT molecular complexity index is 3020. The second-order valence-corrected chi connectivity index (χ2v) is 28.3. The fraction of sp³-hybridized carbons (Fsp3) is 0.577. The molecule has 12 rings (SSSR count). The van der Waals surface area contributed by atoms with Crippen LogP contribution in [0.5, 0.6) is 0 Å². The smallest absolute Gasteiger partial charge is 0.274 e. The Kier molecular flexibility index (Phi) is 13.5. The largest absolute Gasteiger partial charge is 0.396 e. The van der Waals surface area contributed by atoms with Gasteiger partial charge in [0, 0.05) is 94.8 Å². The fourth-order valence-electron chi connectivity index (χ4n) is 11.8. The Morgan fingerprint density at radius 2 is 1.45 bits per heavy atom. The first-order valence-corrected chi connectivity index (χ1v) is 30.1. The predicted octanol–water partition coefficient (Wildman–Crippen LogP) is 4.09. The molecular formula is C52H70N16O5Si. The highest BCUT2D eigenvalue weighted by molar-refractivity contribution is 6.76. The maximum Gasteiger partial charge on any atom is 0.274 e. The molecule has 0 bridgehead atoms. The number of rotatable bonds is 17. The van der Waals surface area contributed by atoms with E-state index in [0.717, 1.165) is 122 Å². The summed E-state index contributed by atoms with van der Waals surface area (Å²) in [6.07, 6.45) is 10.4. The lowest BCUT2D eigenvalue weighted by Gasteiger charge is -2.21. The number of piperidine rings is 2. The van der Waals surface area contributed by atoms with E-state index in [0.29, 0.717) is 67.5 Å². The van der Waals surface area contributed by atoms with Crippen molar-refractivity contribution in [2.24, 2.45) is 35.5 Å². The van der Waals surface area contributed by atoms with E-state index in [-0.39, 0.29) is 36.2 Å². The zero-order valence-electron chi connectivity index (χ0n) is 43.6. The van der Waals surface area contributed by atoms with Crippen LogP contribution >= 0.6 is 0 Å². The van der Waals surface area contributed by atoms with E-state index >= 15 is 0 Å². The molecule has 6 aliphatic rings. The Balaban J connectivity index is 0.000000162. The number of hydrogen-bond acceptors (Lipinski definition) is 15. The summed E-state index contributed by atoms with van der Waals surface area (Å²) in [5.41, 5.74) is 11.2. The molecule has 2 amide bonds. The van der Waals surface area contributed by atoms with Crippen LogP contribution in [0.1, 0.15) is 102 Å². The number of ether oxygens (including phenoxy) is 1. The number of carbonyl (C=O) groups is 2. The maximum atomic E-state index is 13.2. The summed E-state index contributed by atoms with van der Waals surface area (Å²) in [5.74, 6) is 4.68. The lowest BCUT2D eigenvalue weighted by atomic mass is 10.2. The van der Waals surface area contributed by atoms with Crippen molar-refractivity contribution in [3.63, 3.8) is 0 Å². The third-order valence-electron chi connectivity index (χ3n) is 16.7. The van der Waals surface area contributed by atoms with Gasteiger partial charge in [-0.25, -0.2) is 24.3 Å². The molecule has 0 radical (unpaired) electrons. The normalized spacial score (nSPS) is 24.1. The summed E-state index contributed by atoms with van der Waals surface area (Å²) in [7, 11) is -1.13. The Labute approximate surface area is 431 Å². The average molecular weight is 1030 g/mol. The standard InChI is InChI=1S/C30H43N7O3Si.C22H27N9O2/c1-19-21(6-9-28(32-19)35-15-24-25(16-35)26(24)17-38)13-36-14-22(12-31-36)30(39)33-27-8-7-23-20(2)37(34-29(23)27)18-40-10-11-41(3,4)5;1-11-13(5-23-22(24-11)30-7-15-16(8-30)17(15)10-32)6-31-9-19(27-29-31)21(33)25-18-4-3-14-12(2)26-28-20(14)18/h6,9,12,14,24-27,38H,7-8,10-11,13,15-18H2,1-5H3,(H,33,39);5,9,15-18,32H,3-4,6-8,10H2,1-2H3,(H,25,33)(H,26,28)/t24-,25+,26?,27-;15-,16+,17?,18-/m11/s1. The molecular weight excluding hydrogens is 957 g/mol. The van der Waals surface area contributed by atoms with Gasteiger partial charge in [0.1, 0.15) is 12.5 Å². The number of aliphatic hydroxyl groups excluding tert-OH is 2.